The number of rotatable bonds is 7. The zero-order valence-corrected chi connectivity index (χ0v) is 20.6. The van der Waals surface area contributed by atoms with Crippen molar-refractivity contribution in [3.8, 4) is 11.4 Å². The molecule has 202 valence electrons. The van der Waals surface area contributed by atoms with E-state index in [0.29, 0.717) is 17.6 Å². The van der Waals surface area contributed by atoms with E-state index >= 15 is 0 Å². The minimum atomic E-state index is -2.93. The Balaban J connectivity index is 1.48. The third kappa shape index (κ3) is 5.27. The Labute approximate surface area is 213 Å². The number of carbonyl (C=O) groups excluding carboxylic acids is 2. The van der Waals surface area contributed by atoms with E-state index in [1.54, 1.807) is 6.92 Å². The van der Waals surface area contributed by atoms with Gasteiger partial charge in [0.1, 0.15) is 11.9 Å². The molecule has 3 aromatic heterocycles. The predicted octanol–water partition coefficient (Wildman–Crippen LogP) is 3.48. The van der Waals surface area contributed by atoms with Crippen molar-refractivity contribution in [2.45, 2.75) is 38.7 Å². The average molecular weight is 536 g/mol. The van der Waals surface area contributed by atoms with Gasteiger partial charge in [0.15, 0.2) is 11.5 Å². The average Bonchev–Trinajstić information content (AvgIpc) is 3.19. The van der Waals surface area contributed by atoms with E-state index in [4.69, 9.17) is 10.5 Å². The number of nitrogens with one attached hydrogen (secondary N) is 2. The summed E-state index contributed by atoms with van der Waals surface area (Å²) in [7, 11) is 1.49. The first kappa shape index (κ1) is 26.9. The van der Waals surface area contributed by atoms with Gasteiger partial charge < -0.3 is 15.8 Å². The fourth-order valence-electron chi connectivity index (χ4n) is 4.16. The van der Waals surface area contributed by atoms with Crippen LogP contribution in [0.5, 0.6) is 0 Å². The molecule has 0 radical (unpaired) electrons. The highest BCUT2D eigenvalue weighted by Gasteiger charge is 2.60. The normalized spacial score (nSPS) is 16.3. The van der Waals surface area contributed by atoms with Crippen molar-refractivity contribution in [1.29, 1.82) is 0 Å². The molecular weight excluding hydrogens is 512 g/mol. The number of halogens is 4. The SMILES string of the molecule is Cc1nc(-c2nnn(C)c2NC(=O)OC(C)c2cc(F)cnc2F)ccc1NC(=O)C1(CN)CC(F)(F)C1. The van der Waals surface area contributed by atoms with Crippen LogP contribution in [-0.4, -0.2) is 49.4 Å². The lowest BCUT2D eigenvalue weighted by Crippen LogP contribution is -2.57. The third-order valence-corrected chi connectivity index (χ3v) is 6.24. The van der Waals surface area contributed by atoms with E-state index in [0.717, 1.165) is 6.07 Å². The second-order valence-corrected chi connectivity index (χ2v) is 9.09. The van der Waals surface area contributed by atoms with E-state index < -0.39 is 54.0 Å². The molecule has 0 spiro atoms. The van der Waals surface area contributed by atoms with Gasteiger partial charge in [-0.1, -0.05) is 5.21 Å². The monoisotopic (exact) mass is 536 g/mol. The van der Waals surface area contributed by atoms with Gasteiger partial charge in [0.25, 0.3) is 0 Å². The second-order valence-electron chi connectivity index (χ2n) is 9.09. The standard InChI is InChI=1S/C23H24F4N8O3/c1-11-15(31-20(36)22(10-28)8-23(26,27)9-22)4-5-16(30-11)17-19(35(3)34-33-17)32-21(37)38-12(2)14-6-13(24)7-29-18(14)25/h4-7,12H,8-10,28H2,1-3H3,(H,31,36)(H,32,37). The molecule has 1 fully saturated rings. The molecule has 3 heterocycles. The summed E-state index contributed by atoms with van der Waals surface area (Å²) in [6.45, 7) is 2.72. The topological polar surface area (TPSA) is 150 Å². The third-order valence-electron chi connectivity index (χ3n) is 6.24. The summed E-state index contributed by atoms with van der Waals surface area (Å²) in [5, 5.41) is 12.9. The van der Waals surface area contributed by atoms with Gasteiger partial charge >= 0.3 is 6.09 Å². The van der Waals surface area contributed by atoms with Crippen LogP contribution in [0.15, 0.2) is 24.4 Å². The molecule has 0 aliphatic heterocycles. The molecule has 11 nitrogen and oxygen atoms in total. The molecule has 1 saturated carbocycles. The number of hydrogen-bond donors (Lipinski definition) is 3. The number of nitrogens with zero attached hydrogens (tertiary/aromatic N) is 5. The highest BCUT2D eigenvalue weighted by Crippen LogP contribution is 2.52. The summed E-state index contributed by atoms with van der Waals surface area (Å²) in [6, 6.07) is 3.87. The zero-order chi connectivity index (χ0) is 27.8. The van der Waals surface area contributed by atoms with Gasteiger partial charge in [-0.05, 0) is 32.0 Å². The highest BCUT2D eigenvalue weighted by molar-refractivity contribution is 5.97. The molecule has 1 aliphatic rings. The summed E-state index contributed by atoms with van der Waals surface area (Å²) in [5.74, 6) is -5.23. The van der Waals surface area contributed by atoms with Crippen molar-refractivity contribution in [2.24, 2.45) is 18.2 Å². The Morgan fingerprint density at radius 1 is 1.24 bits per heavy atom. The molecule has 0 aromatic carbocycles. The predicted molar refractivity (Wildman–Crippen MR) is 126 cm³/mol. The Morgan fingerprint density at radius 2 is 1.95 bits per heavy atom. The van der Waals surface area contributed by atoms with Gasteiger partial charge in [-0.15, -0.1) is 5.10 Å². The fraction of sp³-hybridized carbons (Fsp3) is 0.391. The van der Waals surface area contributed by atoms with Gasteiger partial charge in [0.2, 0.25) is 17.8 Å². The smallest absolute Gasteiger partial charge is 0.413 e. The van der Waals surface area contributed by atoms with Crippen molar-refractivity contribution in [1.82, 2.24) is 25.0 Å². The molecule has 3 aromatic rings. The van der Waals surface area contributed by atoms with Crippen molar-refractivity contribution in [3.63, 3.8) is 0 Å². The van der Waals surface area contributed by atoms with Crippen molar-refractivity contribution in [2.75, 3.05) is 17.2 Å². The summed E-state index contributed by atoms with van der Waals surface area (Å²) < 4.78 is 60.6. The van der Waals surface area contributed by atoms with Crippen molar-refractivity contribution < 1.29 is 31.9 Å². The number of hydrogen-bond acceptors (Lipinski definition) is 8. The molecule has 38 heavy (non-hydrogen) atoms. The maximum atomic E-state index is 13.9. The molecule has 2 amide bonds. The lowest BCUT2D eigenvalue weighted by Gasteiger charge is -2.45. The molecule has 0 saturated heterocycles. The minimum absolute atomic E-state index is 0.0857. The number of aromatic nitrogens is 5. The van der Waals surface area contributed by atoms with Crippen LogP contribution in [0.4, 0.5) is 33.9 Å². The van der Waals surface area contributed by atoms with Crippen molar-refractivity contribution >= 4 is 23.5 Å². The maximum absolute atomic E-state index is 13.9. The Kier molecular flexibility index (Phi) is 7.06. The van der Waals surface area contributed by atoms with Crippen molar-refractivity contribution in [3.05, 3.63) is 47.4 Å². The second kappa shape index (κ2) is 9.96. The van der Waals surface area contributed by atoms with Gasteiger partial charge in [0, 0.05) is 26.4 Å². The van der Waals surface area contributed by atoms with Gasteiger partial charge in [-0.25, -0.2) is 32.6 Å². The zero-order valence-electron chi connectivity index (χ0n) is 20.6. The summed E-state index contributed by atoms with van der Waals surface area (Å²) in [5.41, 5.74) is 5.06. The number of carbonyl (C=O) groups is 2. The first-order chi connectivity index (χ1) is 17.8. The van der Waals surface area contributed by atoms with E-state index in [1.165, 1.54) is 30.8 Å². The Morgan fingerprint density at radius 3 is 2.58 bits per heavy atom. The van der Waals surface area contributed by atoms with Gasteiger partial charge in [0.05, 0.1) is 34.3 Å². The molecule has 4 N–H and O–H groups in total. The van der Waals surface area contributed by atoms with Crippen LogP contribution in [0, 0.1) is 24.1 Å². The summed E-state index contributed by atoms with van der Waals surface area (Å²) in [6.07, 6.45) is -2.72. The summed E-state index contributed by atoms with van der Waals surface area (Å²) >= 11 is 0. The largest absolute Gasteiger partial charge is 0.441 e. The van der Waals surface area contributed by atoms with E-state index in [9.17, 15) is 27.2 Å². The van der Waals surface area contributed by atoms with Crippen LogP contribution in [0.25, 0.3) is 11.4 Å². The van der Waals surface area contributed by atoms with Gasteiger partial charge in [-0.2, -0.15) is 4.39 Å². The number of ether oxygens (including phenoxy) is 1. The number of amides is 2. The number of alkyl halides is 2. The van der Waals surface area contributed by atoms with Crippen LogP contribution in [0.3, 0.4) is 0 Å². The first-order valence-corrected chi connectivity index (χ1v) is 11.4. The fourth-order valence-corrected chi connectivity index (χ4v) is 4.16. The Bertz CT molecular complexity index is 1390. The van der Waals surface area contributed by atoms with Crippen LogP contribution >= 0.6 is 0 Å². The Hall–Kier alpha value is -4.14. The first-order valence-electron chi connectivity index (χ1n) is 11.4. The number of nitrogens with two attached hydrogens (primary N) is 1. The van der Waals surface area contributed by atoms with E-state index in [1.807, 2.05) is 0 Å². The molecule has 1 atom stereocenters. The quantitative estimate of drug-likeness (QED) is 0.307. The summed E-state index contributed by atoms with van der Waals surface area (Å²) in [4.78, 5) is 32.8. The van der Waals surface area contributed by atoms with E-state index in [-0.39, 0.29) is 29.3 Å². The van der Waals surface area contributed by atoms with Crippen LogP contribution in [-0.2, 0) is 16.6 Å². The van der Waals surface area contributed by atoms with Crippen LogP contribution in [0.2, 0.25) is 0 Å². The molecule has 1 unspecified atom stereocenters. The van der Waals surface area contributed by atoms with Crippen LogP contribution < -0.4 is 16.4 Å². The number of anilines is 2. The molecular formula is C23H24F4N8O3. The lowest BCUT2D eigenvalue weighted by molar-refractivity contribution is -0.172. The van der Waals surface area contributed by atoms with Crippen LogP contribution in [0.1, 0.15) is 37.1 Å². The number of pyridine rings is 2. The highest BCUT2D eigenvalue weighted by atomic mass is 19.3. The number of aryl methyl sites for hydroxylation is 2. The minimum Gasteiger partial charge on any atom is -0.441 e. The van der Waals surface area contributed by atoms with E-state index in [2.05, 4.69) is 30.9 Å². The molecule has 1 aliphatic carbocycles. The molecule has 0 bridgehead atoms. The molecule has 4 rings (SSSR count). The lowest BCUT2D eigenvalue weighted by atomic mass is 9.65. The molecule has 15 heteroatoms. The maximum Gasteiger partial charge on any atom is 0.413 e. The van der Waals surface area contributed by atoms with Gasteiger partial charge in [-0.3, -0.25) is 10.1 Å².